The smallest absolute Gasteiger partial charge is 0.238 e. The molecule has 4 rings (SSSR count). The van der Waals surface area contributed by atoms with Gasteiger partial charge in [0.15, 0.2) is 0 Å². The van der Waals surface area contributed by atoms with Gasteiger partial charge in [0, 0.05) is 11.4 Å². The van der Waals surface area contributed by atoms with Crippen molar-refractivity contribution in [1.29, 1.82) is 0 Å². The molecule has 0 aliphatic carbocycles. The highest BCUT2D eigenvalue weighted by Gasteiger charge is 2.18. The van der Waals surface area contributed by atoms with Gasteiger partial charge >= 0.3 is 0 Å². The first-order valence-electron chi connectivity index (χ1n) is 13.0. The van der Waals surface area contributed by atoms with E-state index >= 15 is 0 Å². The van der Waals surface area contributed by atoms with Gasteiger partial charge in [-0.1, -0.05) is 24.3 Å². The number of aryl methyl sites for hydroxylation is 4. The van der Waals surface area contributed by atoms with Crippen molar-refractivity contribution in [3.8, 4) is 0 Å². The van der Waals surface area contributed by atoms with Crippen molar-refractivity contribution in [2.24, 2.45) is 0 Å². The average Bonchev–Trinajstić information content (AvgIpc) is 3.48. The van der Waals surface area contributed by atoms with Gasteiger partial charge in [-0.25, -0.2) is 0 Å². The van der Waals surface area contributed by atoms with Crippen LogP contribution in [0.3, 0.4) is 0 Å². The van der Waals surface area contributed by atoms with E-state index in [1.54, 1.807) is 0 Å². The zero-order valence-electron chi connectivity index (χ0n) is 21.8. The second-order valence-corrected chi connectivity index (χ2v) is 10.4. The third kappa shape index (κ3) is 6.71. The number of rotatable bonds is 8. The number of carbonyl (C=O) groups is 2. The Balaban J connectivity index is 1.40. The van der Waals surface area contributed by atoms with Crippen LogP contribution in [0.5, 0.6) is 0 Å². The van der Waals surface area contributed by atoms with E-state index < -0.39 is 0 Å². The second-order valence-electron chi connectivity index (χ2n) is 10.4. The summed E-state index contributed by atoms with van der Waals surface area (Å²) >= 11 is 0. The van der Waals surface area contributed by atoms with E-state index in [1.165, 1.54) is 36.8 Å². The SMILES string of the molecule is Cc1cc(Cc2cc(C)c(NC(=O)CN3CCCC3)c(C)c2)cc(C)c1NC(=O)CN1CCCC1. The zero-order chi connectivity index (χ0) is 24.9. The number of nitrogens with one attached hydrogen (secondary N) is 2. The largest absolute Gasteiger partial charge is 0.324 e. The van der Waals surface area contributed by atoms with Crippen LogP contribution in [0.15, 0.2) is 24.3 Å². The molecule has 2 amide bonds. The van der Waals surface area contributed by atoms with Crippen molar-refractivity contribution >= 4 is 23.2 Å². The fraction of sp³-hybridized carbons (Fsp3) is 0.517. The van der Waals surface area contributed by atoms with Crippen LogP contribution in [-0.4, -0.2) is 60.9 Å². The Labute approximate surface area is 210 Å². The molecule has 2 aromatic rings. The predicted molar refractivity (Wildman–Crippen MR) is 143 cm³/mol. The fourth-order valence-corrected chi connectivity index (χ4v) is 5.59. The lowest BCUT2D eigenvalue weighted by Crippen LogP contribution is -2.31. The van der Waals surface area contributed by atoms with Gasteiger partial charge in [-0.15, -0.1) is 0 Å². The van der Waals surface area contributed by atoms with E-state index in [0.717, 1.165) is 66.2 Å². The quantitative estimate of drug-likeness (QED) is 0.585. The van der Waals surface area contributed by atoms with E-state index in [9.17, 15) is 9.59 Å². The van der Waals surface area contributed by atoms with Crippen LogP contribution < -0.4 is 10.6 Å². The number of carbonyl (C=O) groups excluding carboxylic acids is 2. The number of nitrogens with zero attached hydrogens (tertiary/aromatic N) is 2. The minimum atomic E-state index is 0.0690. The van der Waals surface area contributed by atoms with E-state index in [1.807, 2.05) is 0 Å². The van der Waals surface area contributed by atoms with Gasteiger partial charge in [-0.3, -0.25) is 19.4 Å². The first-order chi connectivity index (χ1) is 16.8. The Morgan fingerprint density at radius 1 is 0.629 bits per heavy atom. The summed E-state index contributed by atoms with van der Waals surface area (Å²) in [6.45, 7) is 13.3. The molecule has 2 aliphatic rings. The molecule has 2 saturated heterocycles. The maximum atomic E-state index is 12.5. The number of benzene rings is 2. The summed E-state index contributed by atoms with van der Waals surface area (Å²) < 4.78 is 0. The van der Waals surface area contributed by atoms with Crippen LogP contribution in [0, 0.1) is 27.7 Å². The number of amides is 2. The maximum Gasteiger partial charge on any atom is 0.238 e. The van der Waals surface area contributed by atoms with Crippen molar-refractivity contribution in [1.82, 2.24) is 9.80 Å². The Bertz CT molecular complexity index is 951. The van der Waals surface area contributed by atoms with Crippen LogP contribution in [-0.2, 0) is 16.0 Å². The molecule has 2 N–H and O–H groups in total. The summed E-state index contributed by atoms with van der Waals surface area (Å²) in [7, 11) is 0. The lowest BCUT2D eigenvalue weighted by molar-refractivity contribution is -0.117. The summed E-state index contributed by atoms with van der Waals surface area (Å²) in [5, 5.41) is 6.28. The Morgan fingerprint density at radius 3 is 1.26 bits per heavy atom. The molecule has 0 atom stereocenters. The predicted octanol–water partition coefficient (Wildman–Crippen LogP) is 4.58. The van der Waals surface area contributed by atoms with E-state index in [2.05, 4.69) is 72.4 Å². The first-order valence-corrected chi connectivity index (χ1v) is 13.0. The monoisotopic (exact) mass is 476 g/mol. The van der Waals surface area contributed by atoms with Gasteiger partial charge in [-0.2, -0.15) is 0 Å². The minimum Gasteiger partial charge on any atom is -0.324 e. The lowest BCUT2D eigenvalue weighted by atomic mass is 9.96. The number of likely N-dealkylation sites (tertiary alicyclic amines) is 2. The van der Waals surface area contributed by atoms with Crippen LogP contribution in [0.25, 0.3) is 0 Å². The Kier molecular flexibility index (Phi) is 8.24. The molecule has 6 nitrogen and oxygen atoms in total. The number of hydrogen-bond acceptors (Lipinski definition) is 4. The normalized spacial score (nSPS) is 16.6. The summed E-state index contributed by atoms with van der Waals surface area (Å²) in [5.41, 5.74) is 8.68. The average molecular weight is 477 g/mol. The molecule has 0 saturated carbocycles. The van der Waals surface area contributed by atoms with Crippen molar-refractivity contribution in [2.75, 3.05) is 49.9 Å². The molecule has 2 aliphatic heterocycles. The van der Waals surface area contributed by atoms with Crippen molar-refractivity contribution in [3.05, 3.63) is 57.6 Å². The topological polar surface area (TPSA) is 64.7 Å². The van der Waals surface area contributed by atoms with E-state index in [-0.39, 0.29) is 11.8 Å². The molecule has 0 radical (unpaired) electrons. The molecule has 0 unspecified atom stereocenters. The molecule has 35 heavy (non-hydrogen) atoms. The van der Waals surface area contributed by atoms with Crippen LogP contribution in [0.1, 0.15) is 59.1 Å². The summed E-state index contributed by atoms with van der Waals surface area (Å²) in [6, 6.07) is 8.70. The molecule has 6 heteroatoms. The number of anilines is 2. The van der Waals surface area contributed by atoms with Crippen molar-refractivity contribution in [2.45, 2.75) is 59.8 Å². The van der Waals surface area contributed by atoms with Crippen LogP contribution in [0.2, 0.25) is 0 Å². The molecule has 2 heterocycles. The van der Waals surface area contributed by atoms with Gasteiger partial charge in [0.2, 0.25) is 11.8 Å². The van der Waals surface area contributed by atoms with E-state index in [0.29, 0.717) is 13.1 Å². The summed E-state index contributed by atoms with van der Waals surface area (Å²) in [4.78, 5) is 29.5. The highest BCUT2D eigenvalue weighted by atomic mass is 16.2. The molecule has 2 fully saturated rings. The van der Waals surface area contributed by atoms with Gasteiger partial charge in [0.25, 0.3) is 0 Å². The molecule has 0 aromatic heterocycles. The molecule has 2 aromatic carbocycles. The van der Waals surface area contributed by atoms with Crippen molar-refractivity contribution < 1.29 is 9.59 Å². The summed E-state index contributed by atoms with van der Waals surface area (Å²) in [5.74, 6) is 0.138. The highest BCUT2D eigenvalue weighted by molar-refractivity contribution is 5.94. The standard InChI is InChI=1S/C29H40N4O2/c1-20-13-24(14-21(2)28(20)30-26(34)18-32-9-5-6-10-32)17-25-15-22(3)29(23(4)16-25)31-27(35)19-33-11-7-8-12-33/h13-16H,5-12,17-19H2,1-4H3,(H,30,34)(H,31,35). The van der Waals surface area contributed by atoms with Gasteiger partial charge < -0.3 is 10.6 Å². The van der Waals surface area contributed by atoms with Crippen molar-refractivity contribution in [3.63, 3.8) is 0 Å². The van der Waals surface area contributed by atoms with Gasteiger partial charge in [0.1, 0.15) is 0 Å². The Morgan fingerprint density at radius 2 is 0.943 bits per heavy atom. The zero-order valence-corrected chi connectivity index (χ0v) is 21.8. The van der Waals surface area contributed by atoms with Crippen LogP contribution in [0.4, 0.5) is 11.4 Å². The van der Waals surface area contributed by atoms with Gasteiger partial charge in [0.05, 0.1) is 13.1 Å². The van der Waals surface area contributed by atoms with Crippen LogP contribution >= 0.6 is 0 Å². The van der Waals surface area contributed by atoms with Gasteiger partial charge in [-0.05, 0) is 119 Å². The number of hydrogen-bond donors (Lipinski definition) is 2. The third-order valence-electron chi connectivity index (χ3n) is 7.25. The molecular formula is C29H40N4O2. The highest BCUT2D eigenvalue weighted by Crippen LogP contribution is 2.27. The second kappa shape index (κ2) is 11.4. The Hall–Kier alpha value is -2.70. The van der Waals surface area contributed by atoms with E-state index in [4.69, 9.17) is 0 Å². The maximum absolute atomic E-state index is 12.5. The molecule has 0 bridgehead atoms. The molecular weight excluding hydrogens is 436 g/mol. The third-order valence-corrected chi connectivity index (χ3v) is 7.25. The first kappa shape index (κ1) is 25.4. The summed E-state index contributed by atoms with van der Waals surface area (Å²) in [6.07, 6.45) is 5.55. The molecule has 0 spiro atoms. The molecule has 188 valence electrons. The minimum absolute atomic E-state index is 0.0690. The lowest BCUT2D eigenvalue weighted by Gasteiger charge is -2.18. The fourth-order valence-electron chi connectivity index (χ4n) is 5.59.